The number of ether oxygens (including phenoxy) is 2. The van der Waals surface area contributed by atoms with Gasteiger partial charge in [0.1, 0.15) is 6.10 Å². The summed E-state index contributed by atoms with van der Waals surface area (Å²) in [6.07, 6.45) is 3.12. The molecule has 2 rings (SSSR count). The Labute approximate surface area is 138 Å². The van der Waals surface area contributed by atoms with Crippen LogP contribution in [-0.4, -0.2) is 19.2 Å². The van der Waals surface area contributed by atoms with Crippen molar-refractivity contribution in [3.05, 3.63) is 48.0 Å². The molecular weight excluding hydrogens is 288 g/mol. The first-order valence-electron chi connectivity index (χ1n) is 8.41. The van der Waals surface area contributed by atoms with E-state index in [1.165, 1.54) is 0 Å². The first-order chi connectivity index (χ1) is 11.2. The quantitative estimate of drug-likeness (QED) is 0.640. The van der Waals surface area contributed by atoms with Crippen LogP contribution in [0.25, 0.3) is 10.8 Å². The lowest BCUT2D eigenvalue weighted by molar-refractivity contribution is -0.162. The van der Waals surface area contributed by atoms with E-state index in [-0.39, 0.29) is 12.1 Å². The van der Waals surface area contributed by atoms with Crippen LogP contribution in [0.2, 0.25) is 0 Å². The number of carbonyl (C=O) groups excluding carboxylic acids is 1. The van der Waals surface area contributed by atoms with Crippen molar-refractivity contribution in [1.82, 2.24) is 0 Å². The monoisotopic (exact) mass is 314 g/mol. The van der Waals surface area contributed by atoms with Crippen molar-refractivity contribution in [2.24, 2.45) is 0 Å². The molecule has 0 aliphatic heterocycles. The predicted octanol–water partition coefficient (Wildman–Crippen LogP) is 5.04. The molecule has 2 aromatic rings. The van der Waals surface area contributed by atoms with Crippen LogP contribution in [0.3, 0.4) is 0 Å². The maximum atomic E-state index is 12.5. The summed E-state index contributed by atoms with van der Waals surface area (Å²) < 4.78 is 11.1. The van der Waals surface area contributed by atoms with Crippen molar-refractivity contribution in [1.29, 1.82) is 0 Å². The lowest BCUT2D eigenvalue weighted by Gasteiger charge is -2.21. The maximum Gasteiger partial charge on any atom is 0.340 e. The number of carbonyl (C=O) groups is 1. The average Bonchev–Trinajstić information content (AvgIpc) is 2.56. The third kappa shape index (κ3) is 4.55. The highest BCUT2D eigenvalue weighted by Gasteiger charge is 2.24. The number of rotatable bonds is 8. The van der Waals surface area contributed by atoms with E-state index < -0.39 is 6.10 Å². The Morgan fingerprint density at radius 1 is 1.00 bits per heavy atom. The van der Waals surface area contributed by atoms with Gasteiger partial charge in [-0.25, -0.2) is 4.79 Å². The summed E-state index contributed by atoms with van der Waals surface area (Å²) in [6.45, 7) is 4.21. The fourth-order valence-electron chi connectivity index (χ4n) is 2.87. The Bertz CT molecular complexity index is 630. The summed E-state index contributed by atoms with van der Waals surface area (Å²) in [5, 5.41) is 2.24. The fraction of sp³-hybridized carbons (Fsp3) is 0.450. The molecule has 1 unspecified atom stereocenters. The molecule has 3 nitrogen and oxygen atoms in total. The van der Waals surface area contributed by atoms with Gasteiger partial charge in [-0.1, -0.05) is 63.1 Å². The number of fused-ring (bicyclic) bond motifs is 1. The van der Waals surface area contributed by atoms with Gasteiger partial charge in [0.05, 0.1) is 0 Å². The highest BCUT2D eigenvalue weighted by atomic mass is 16.6. The van der Waals surface area contributed by atoms with Gasteiger partial charge in [-0.2, -0.15) is 0 Å². The maximum absolute atomic E-state index is 12.5. The van der Waals surface area contributed by atoms with Gasteiger partial charge in [0.2, 0.25) is 0 Å². The number of benzene rings is 2. The van der Waals surface area contributed by atoms with E-state index in [1.54, 1.807) is 7.11 Å². The van der Waals surface area contributed by atoms with E-state index >= 15 is 0 Å². The second kappa shape index (κ2) is 8.68. The predicted molar refractivity (Wildman–Crippen MR) is 93.4 cm³/mol. The standard InChI is InChI=1S/C20H26O3/c1-4-8-18(9-5-2)23-20(21)19(22-3)17-13-12-15-10-6-7-11-16(15)14-17/h6-7,10-14,18-19H,4-5,8-9H2,1-3H3. The van der Waals surface area contributed by atoms with Gasteiger partial charge in [-0.05, 0) is 35.2 Å². The number of hydrogen-bond acceptors (Lipinski definition) is 3. The molecule has 0 radical (unpaired) electrons. The summed E-state index contributed by atoms with van der Waals surface area (Å²) in [7, 11) is 1.55. The summed E-state index contributed by atoms with van der Waals surface area (Å²) in [5.41, 5.74) is 0.836. The molecule has 1 atom stereocenters. The fourth-order valence-corrected chi connectivity index (χ4v) is 2.87. The molecule has 2 aromatic carbocycles. The molecule has 0 saturated heterocycles. The third-order valence-electron chi connectivity index (χ3n) is 4.03. The van der Waals surface area contributed by atoms with Gasteiger partial charge in [-0.3, -0.25) is 0 Å². The Balaban J connectivity index is 2.17. The Hall–Kier alpha value is -1.87. The minimum absolute atomic E-state index is 0.0180. The summed E-state index contributed by atoms with van der Waals surface area (Å²) >= 11 is 0. The average molecular weight is 314 g/mol. The van der Waals surface area contributed by atoms with Crippen LogP contribution in [-0.2, 0) is 14.3 Å². The number of methoxy groups -OCH3 is 1. The summed E-state index contributed by atoms with van der Waals surface area (Å²) in [4.78, 5) is 12.5. The van der Waals surface area contributed by atoms with Crippen LogP contribution in [0.1, 0.15) is 51.2 Å². The molecule has 0 aliphatic carbocycles. The van der Waals surface area contributed by atoms with Crippen LogP contribution >= 0.6 is 0 Å². The molecule has 3 heteroatoms. The van der Waals surface area contributed by atoms with Crippen molar-refractivity contribution >= 4 is 16.7 Å². The molecule has 0 saturated carbocycles. The Morgan fingerprint density at radius 2 is 1.65 bits per heavy atom. The van der Waals surface area contributed by atoms with Crippen molar-refractivity contribution in [2.45, 2.75) is 51.7 Å². The van der Waals surface area contributed by atoms with E-state index in [2.05, 4.69) is 19.9 Å². The smallest absolute Gasteiger partial charge is 0.340 e. The molecule has 0 bridgehead atoms. The third-order valence-corrected chi connectivity index (χ3v) is 4.03. The molecule has 0 fully saturated rings. The molecule has 0 spiro atoms. The second-order valence-electron chi connectivity index (χ2n) is 5.86. The van der Waals surface area contributed by atoms with Crippen LogP contribution in [0.15, 0.2) is 42.5 Å². The van der Waals surface area contributed by atoms with Crippen LogP contribution in [0.4, 0.5) is 0 Å². The van der Waals surface area contributed by atoms with Crippen LogP contribution in [0.5, 0.6) is 0 Å². The first kappa shape index (κ1) is 17.5. The van der Waals surface area contributed by atoms with Crippen molar-refractivity contribution in [3.63, 3.8) is 0 Å². The first-order valence-corrected chi connectivity index (χ1v) is 8.41. The zero-order valence-corrected chi connectivity index (χ0v) is 14.2. The van der Waals surface area contributed by atoms with Gasteiger partial charge in [0.15, 0.2) is 6.10 Å². The molecule has 0 aliphatic rings. The van der Waals surface area contributed by atoms with E-state index in [9.17, 15) is 4.79 Å². The molecular formula is C20H26O3. The SMILES string of the molecule is CCCC(CCC)OC(=O)C(OC)c1ccc2ccccc2c1. The van der Waals surface area contributed by atoms with E-state index in [0.29, 0.717) is 0 Å². The topological polar surface area (TPSA) is 35.5 Å². The molecule has 124 valence electrons. The lowest BCUT2D eigenvalue weighted by Crippen LogP contribution is -2.24. The number of esters is 1. The molecule has 0 N–H and O–H groups in total. The number of hydrogen-bond donors (Lipinski definition) is 0. The molecule has 23 heavy (non-hydrogen) atoms. The Morgan fingerprint density at radius 3 is 2.26 bits per heavy atom. The van der Waals surface area contributed by atoms with Crippen molar-refractivity contribution < 1.29 is 14.3 Å². The minimum Gasteiger partial charge on any atom is -0.460 e. The van der Waals surface area contributed by atoms with Crippen molar-refractivity contribution in [3.8, 4) is 0 Å². The van der Waals surface area contributed by atoms with E-state index in [4.69, 9.17) is 9.47 Å². The summed E-state index contributed by atoms with van der Waals surface area (Å²) in [6, 6.07) is 14.0. The zero-order valence-electron chi connectivity index (χ0n) is 14.2. The highest BCUT2D eigenvalue weighted by Crippen LogP contribution is 2.25. The van der Waals surface area contributed by atoms with Gasteiger partial charge in [0.25, 0.3) is 0 Å². The highest BCUT2D eigenvalue weighted by molar-refractivity contribution is 5.85. The van der Waals surface area contributed by atoms with Crippen molar-refractivity contribution in [2.75, 3.05) is 7.11 Å². The summed E-state index contributed by atoms with van der Waals surface area (Å²) in [5.74, 6) is -0.297. The van der Waals surface area contributed by atoms with E-state index in [0.717, 1.165) is 42.0 Å². The Kier molecular flexibility index (Phi) is 6.60. The van der Waals surface area contributed by atoms with E-state index in [1.807, 2.05) is 36.4 Å². The largest absolute Gasteiger partial charge is 0.460 e. The molecule has 0 amide bonds. The molecule has 0 heterocycles. The van der Waals surface area contributed by atoms with Gasteiger partial charge in [-0.15, -0.1) is 0 Å². The molecule has 0 aromatic heterocycles. The van der Waals surface area contributed by atoms with Gasteiger partial charge >= 0.3 is 5.97 Å². The van der Waals surface area contributed by atoms with Crippen LogP contribution < -0.4 is 0 Å². The van der Waals surface area contributed by atoms with Crippen LogP contribution in [0, 0.1) is 0 Å². The second-order valence-corrected chi connectivity index (χ2v) is 5.86. The van der Waals surface area contributed by atoms with Gasteiger partial charge in [0, 0.05) is 7.11 Å². The minimum atomic E-state index is -0.671. The van der Waals surface area contributed by atoms with Gasteiger partial charge < -0.3 is 9.47 Å². The lowest BCUT2D eigenvalue weighted by atomic mass is 10.0. The normalized spacial score (nSPS) is 12.5. The zero-order chi connectivity index (χ0) is 16.7.